The molecule has 0 bridgehead atoms. The number of rotatable bonds is 12. The van der Waals surface area contributed by atoms with Gasteiger partial charge in [0.25, 0.3) is 6.01 Å². The number of hydrogen-bond donors (Lipinski definition) is 2. The summed E-state index contributed by atoms with van der Waals surface area (Å²) < 4.78 is 16.1. The summed E-state index contributed by atoms with van der Waals surface area (Å²) in [5, 5.41) is 6.08. The van der Waals surface area contributed by atoms with Crippen molar-refractivity contribution in [3.05, 3.63) is 129 Å². The van der Waals surface area contributed by atoms with Gasteiger partial charge in [0.2, 0.25) is 5.91 Å². The summed E-state index contributed by atoms with van der Waals surface area (Å²) in [5.74, 6) is 0.507. The minimum absolute atomic E-state index is 0.0672. The first kappa shape index (κ1) is 31.7. The molecule has 0 aliphatic heterocycles. The Bertz CT molecular complexity index is 1850. The molecule has 0 radical (unpaired) electrons. The zero-order valence-electron chi connectivity index (χ0n) is 25.9. The molecule has 0 aliphatic rings. The molecule has 11 heteroatoms. The molecule has 5 rings (SSSR count). The molecule has 1 atom stereocenters. The lowest BCUT2D eigenvalue weighted by atomic mass is 10.0. The summed E-state index contributed by atoms with van der Waals surface area (Å²) in [6.07, 6.45) is 2.97. The highest BCUT2D eigenvalue weighted by Crippen LogP contribution is 2.21. The van der Waals surface area contributed by atoms with Crippen LogP contribution in [-0.2, 0) is 35.6 Å². The van der Waals surface area contributed by atoms with Gasteiger partial charge in [-0.15, -0.1) is 0 Å². The summed E-state index contributed by atoms with van der Waals surface area (Å²) in [6, 6.07) is 23.3. The van der Waals surface area contributed by atoms with Crippen molar-refractivity contribution in [3.63, 3.8) is 0 Å². The summed E-state index contributed by atoms with van der Waals surface area (Å²) in [4.78, 5) is 49.3. The molecule has 0 spiro atoms. The first-order valence-corrected chi connectivity index (χ1v) is 14.7. The maximum Gasteiger partial charge on any atom is 0.407 e. The third-order valence-corrected chi connectivity index (χ3v) is 7.55. The first-order chi connectivity index (χ1) is 22.3. The number of fused-ring (bicyclic) bond motifs is 1. The predicted molar refractivity (Wildman–Crippen MR) is 173 cm³/mol. The topological polar surface area (TPSA) is 136 Å². The highest BCUT2D eigenvalue weighted by Gasteiger charge is 2.25. The van der Waals surface area contributed by atoms with E-state index in [1.165, 1.54) is 0 Å². The van der Waals surface area contributed by atoms with Crippen LogP contribution >= 0.6 is 0 Å². The number of likely N-dealkylation sites (N-methyl/N-ethyl adjacent to an activating group) is 1. The summed E-state index contributed by atoms with van der Waals surface area (Å²) >= 11 is 0. The number of nitrogens with zero attached hydrogens (tertiary/aromatic N) is 3. The Morgan fingerprint density at radius 2 is 1.67 bits per heavy atom. The fourth-order valence-corrected chi connectivity index (χ4v) is 5.01. The molecule has 0 saturated carbocycles. The second kappa shape index (κ2) is 14.8. The number of carbonyl (C=O) groups excluding carboxylic acids is 2. The Hall–Kier alpha value is -5.71. The van der Waals surface area contributed by atoms with Gasteiger partial charge in [-0.25, -0.2) is 9.59 Å². The van der Waals surface area contributed by atoms with Crippen molar-refractivity contribution in [2.75, 3.05) is 19.5 Å². The average Bonchev–Trinajstić information content (AvgIpc) is 3.07. The smallest absolute Gasteiger partial charge is 0.407 e. The van der Waals surface area contributed by atoms with Gasteiger partial charge in [0.05, 0.1) is 18.0 Å². The first-order valence-electron chi connectivity index (χ1n) is 14.7. The SMILES string of the molecule is COc1ccc(C[C@H](Nc2nc3ccc(CNC(=O)OCc4ccncc4)c(C)c3c(=O)o2)C(=O)N(C)Cc2ccccc2)cc1. The molecule has 2 aromatic heterocycles. The van der Waals surface area contributed by atoms with Crippen LogP contribution in [-0.4, -0.2) is 47.1 Å². The quantitative estimate of drug-likeness (QED) is 0.197. The summed E-state index contributed by atoms with van der Waals surface area (Å²) in [5.41, 5.74) is 3.80. The van der Waals surface area contributed by atoms with Crippen LogP contribution in [0.5, 0.6) is 5.75 Å². The number of carbonyl (C=O) groups is 2. The van der Waals surface area contributed by atoms with Gasteiger partial charge in [-0.05, 0) is 65.1 Å². The largest absolute Gasteiger partial charge is 0.497 e. The van der Waals surface area contributed by atoms with Crippen LogP contribution in [0.4, 0.5) is 10.8 Å². The molecule has 11 nitrogen and oxygen atoms in total. The van der Waals surface area contributed by atoms with E-state index in [4.69, 9.17) is 13.9 Å². The Labute approximate surface area is 266 Å². The van der Waals surface area contributed by atoms with Crippen molar-refractivity contribution in [1.29, 1.82) is 0 Å². The lowest BCUT2D eigenvalue weighted by Gasteiger charge is -2.25. The standard InChI is InChI=1S/C35H35N5O6/c1-23-27(20-37-35(43)45-22-26-15-17-36-18-16-26)11-14-29-31(23)33(42)46-34(38-29)39-30(19-24-9-12-28(44-3)13-10-24)32(41)40(2)21-25-7-5-4-6-8-25/h4-18,30H,19-22H2,1-3H3,(H,37,43)(H,38,39)/t30-/m0/s1. The highest BCUT2D eigenvalue weighted by molar-refractivity contribution is 5.86. The molecule has 2 heterocycles. The normalized spacial score (nSPS) is 11.5. The number of benzene rings is 3. The number of methoxy groups -OCH3 is 1. The van der Waals surface area contributed by atoms with Gasteiger partial charge in [-0.1, -0.05) is 48.5 Å². The maximum atomic E-state index is 13.7. The van der Waals surface area contributed by atoms with E-state index in [0.717, 1.165) is 16.7 Å². The number of aryl methyl sites for hydroxylation is 1. The second-order valence-corrected chi connectivity index (χ2v) is 10.8. The number of hydrogen-bond acceptors (Lipinski definition) is 9. The van der Waals surface area contributed by atoms with Gasteiger partial charge in [0, 0.05) is 39.0 Å². The zero-order valence-corrected chi connectivity index (χ0v) is 25.9. The van der Waals surface area contributed by atoms with Crippen molar-refractivity contribution in [2.24, 2.45) is 0 Å². The van der Waals surface area contributed by atoms with Crippen LogP contribution in [0.1, 0.15) is 27.8 Å². The summed E-state index contributed by atoms with van der Waals surface area (Å²) in [7, 11) is 3.32. The van der Waals surface area contributed by atoms with Crippen LogP contribution in [0, 0.1) is 6.92 Å². The van der Waals surface area contributed by atoms with E-state index in [-0.39, 0.29) is 30.5 Å². The van der Waals surface area contributed by atoms with Gasteiger partial charge < -0.3 is 29.4 Å². The maximum absolute atomic E-state index is 13.7. The van der Waals surface area contributed by atoms with E-state index in [1.54, 1.807) is 62.6 Å². The summed E-state index contributed by atoms with van der Waals surface area (Å²) in [6.45, 7) is 2.42. The molecule has 5 aromatic rings. The third kappa shape index (κ3) is 8.06. The number of alkyl carbamates (subject to hydrolysis) is 1. The number of pyridine rings is 1. The highest BCUT2D eigenvalue weighted by atomic mass is 16.5. The molecule has 46 heavy (non-hydrogen) atoms. The molecular formula is C35H35N5O6. The lowest BCUT2D eigenvalue weighted by Crippen LogP contribution is -2.42. The molecule has 2 amide bonds. The molecule has 3 aromatic carbocycles. The molecule has 0 aliphatic carbocycles. The van der Waals surface area contributed by atoms with Crippen LogP contribution in [0.15, 0.2) is 100 Å². The number of amides is 2. The Kier molecular flexibility index (Phi) is 10.2. The van der Waals surface area contributed by atoms with Crippen molar-refractivity contribution in [2.45, 2.75) is 39.1 Å². The minimum atomic E-state index is -0.780. The van der Waals surface area contributed by atoms with Crippen LogP contribution in [0.3, 0.4) is 0 Å². The van der Waals surface area contributed by atoms with Crippen molar-refractivity contribution in [1.82, 2.24) is 20.2 Å². The number of nitrogens with one attached hydrogen (secondary N) is 2. The Morgan fingerprint density at radius 3 is 2.39 bits per heavy atom. The van der Waals surface area contributed by atoms with E-state index >= 15 is 0 Å². The fourth-order valence-electron chi connectivity index (χ4n) is 5.01. The van der Waals surface area contributed by atoms with Crippen LogP contribution < -0.4 is 21.0 Å². The minimum Gasteiger partial charge on any atom is -0.497 e. The van der Waals surface area contributed by atoms with Crippen LogP contribution in [0.25, 0.3) is 10.9 Å². The number of anilines is 1. The zero-order chi connectivity index (χ0) is 32.5. The van der Waals surface area contributed by atoms with Crippen molar-refractivity contribution in [3.8, 4) is 5.75 Å². The van der Waals surface area contributed by atoms with E-state index in [1.807, 2.05) is 54.6 Å². The lowest BCUT2D eigenvalue weighted by molar-refractivity contribution is -0.131. The van der Waals surface area contributed by atoms with Gasteiger partial charge in [0.15, 0.2) is 0 Å². The van der Waals surface area contributed by atoms with Gasteiger partial charge in [-0.2, -0.15) is 4.98 Å². The average molecular weight is 622 g/mol. The molecular weight excluding hydrogens is 586 g/mol. The van der Waals surface area contributed by atoms with E-state index < -0.39 is 17.8 Å². The molecule has 0 saturated heterocycles. The van der Waals surface area contributed by atoms with Crippen LogP contribution in [0.2, 0.25) is 0 Å². The molecule has 236 valence electrons. The fraction of sp³-hybridized carbons (Fsp3) is 0.229. The van der Waals surface area contributed by atoms with E-state index in [0.29, 0.717) is 35.4 Å². The van der Waals surface area contributed by atoms with E-state index in [9.17, 15) is 14.4 Å². The predicted octanol–water partition coefficient (Wildman–Crippen LogP) is 5.01. The van der Waals surface area contributed by atoms with Crippen molar-refractivity contribution >= 4 is 28.9 Å². The van der Waals surface area contributed by atoms with Gasteiger partial charge in [-0.3, -0.25) is 9.78 Å². The molecule has 2 N–H and O–H groups in total. The Morgan fingerprint density at radius 1 is 0.935 bits per heavy atom. The number of ether oxygens (including phenoxy) is 2. The van der Waals surface area contributed by atoms with E-state index in [2.05, 4.69) is 20.6 Å². The molecule has 0 fully saturated rings. The third-order valence-electron chi connectivity index (χ3n) is 7.55. The van der Waals surface area contributed by atoms with Gasteiger partial charge in [0.1, 0.15) is 18.4 Å². The Balaban J connectivity index is 1.33. The molecule has 0 unspecified atom stereocenters. The monoisotopic (exact) mass is 621 g/mol. The van der Waals surface area contributed by atoms with Crippen molar-refractivity contribution < 1.29 is 23.5 Å². The number of aromatic nitrogens is 2. The second-order valence-electron chi connectivity index (χ2n) is 10.8. The van der Waals surface area contributed by atoms with Gasteiger partial charge >= 0.3 is 11.7 Å².